The van der Waals surface area contributed by atoms with Crippen LogP contribution in [0.5, 0.6) is 0 Å². The van der Waals surface area contributed by atoms with Gasteiger partial charge in [-0.3, -0.25) is 14.9 Å². The van der Waals surface area contributed by atoms with E-state index in [2.05, 4.69) is 11.9 Å². The average Bonchev–Trinajstić information content (AvgIpc) is 2.99. The normalized spacial score (nSPS) is 24.2. The van der Waals surface area contributed by atoms with Gasteiger partial charge in [0.25, 0.3) is 5.91 Å². The van der Waals surface area contributed by atoms with Crippen LogP contribution in [0.2, 0.25) is 0 Å². The number of para-hydroxylation sites is 1. The van der Waals surface area contributed by atoms with Gasteiger partial charge < -0.3 is 9.64 Å². The summed E-state index contributed by atoms with van der Waals surface area (Å²) in [4.78, 5) is 41.9. The summed E-state index contributed by atoms with van der Waals surface area (Å²) < 4.78 is 22.7. The number of hydrogen-bond donors (Lipinski definition) is 1. The molecule has 0 spiro atoms. The van der Waals surface area contributed by atoms with Gasteiger partial charge in [0.1, 0.15) is 5.60 Å². The molecule has 0 radical (unpaired) electrons. The Hall–Kier alpha value is -3.48. The number of ether oxygens (including phenoxy) is 1. The first-order valence-corrected chi connectivity index (χ1v) is 10.9. The van der Waals surface area contributed by atoms with Crippen molar-refractivity contribution >= 4 is 23.5 Å². The number of halogens is 1. The fraction of sp³-hybridized carbons (Fsp3) is 0.346. The quantitative estimate of drug-likeness (QED) is 0.697. The summed E-state index contributed by atoms with van der Waals surface area (Å²) in [7, 11) is 0. The SMILES string of the molecule is C=CCN1C(=O)[C@](NC(=O)OC(C)(C)C)([C@@]2(F)CCc3ccccc3C2=O)c2ccccc21. The number of fused-ring (bicyclic) bond motifs is 2. The van der Waals surface area contributed by atoms with Crippen molar-refractivity contribution < 1.29 is 23.5 Å². The van der Waals surface area contributed by atoms with Gasteiger partial charge in [0.05, 0.1) is 5.69 Å². The van der Waals surface area contributed by atoms with E-state index in [1.807, 2.05) is 0 Å². The Bertz CT molecular complexity index is 1150. The second-order valence-corrected chi connectivity index (χ2v) is 9.39. The molecule has 1 N–H and O–H groups in total. The Balaban J connectivity index is 1.94. The number of alkyl halides is 1. The van der Waals surface area contributed by atoms with Gasteiger partial charge in [-0.25, -0.2) is 9.18 Å². The highest BCUT2D eigenvalue weighted by Gasteiger charge is 2.69. The van der Waals surface area contributed by atoms with Crippen molar-refractivity contribution in [1.29, 1.82) is 0 Å². The van der Waals surface area contributed by atoms with Crippen LogP contribution in [0, 0.1) is 0 Å². The van der Waals surface area contributed by atoms with E-state index in [0.29, 0.717) is 11.3 Å². The van der Waals surface area contributed by atoms with Gasteiger partial charge in [0, 0.05) is 17.7 Å². The molecule has 0 saturated heterocycles. The fourth-order valence-corrected chi connectivity index (χ4v) is 4.77. The second-order valence-electron chi connectivity index (χ2n) is 9.39. The number of carbonyl (C=O) groups is 3. The van der Waals surface area contributed by atoms with Gasteiger partial charge in [0.2, 0.25) is 11.5 Å². The summed E-state index contributed by atoms with van der Waals surface area (Å²) in [6.07, 6.45) is 0.518. The number of amides is 2. The number of hydrogen-bond acceptors (Lipinski definition) is 4. The lowest BCUT2D eigenvalue weighted by molar-refractivity contribution is -0.130. The Labute approximate surface area is 192 Å². The highest BCUT2D eigenvalue weighted by atomic mass is 19.1. The molecule has 0 saturated carbocycles. The minimum Gasteiger partial charge on any atom is -0.444 e. The largest absolute Gasteiger partial charge is 0.444 e. The summed E-state index contributed by atoms with van der Waals surface area (Å²) in [6, 6.07) is 13.4. The number of benzene rings is 2. The molecule has 2 atom stereocenters. The van der Waals surface area contributed by atoms with E-state index in [0.717, 1.165) is 0 Å². The van der Waals surface area contributed by atoms with Gasteiger partial charge in [-0.2, -0.15) is 0 Å². The van der Waals surface area contributed by atoms with Crippen molar-refractivity contribution in [2.24, 2.45) is 0 Å². The van der Waals surface area contributed by atoms with Crippen LogP contribution in [0.15, 0.2) is 61.2 Å². The summed E-state index contributed by atoms with van der Waals surface area (Å²) in [6.45, 7) is 8.79. The van der Waals surface area contributed by atoms with E-state index >= 15 is 4.39 Å². The third kappa shape index (κ3) is 3.43. The van der Waals surface area contributed by atoms with Gasteiger partial charge in [-0.15, -0.1) is 6.58 Å². The number of ketones is 1. The first-order valence-electron chi connectivity index (χ1n) is 10.9. The molecule has 7 heteroatoms. The van der Waals surface area contributed by atoms with Gasteiger partial charge in [-0.05, 0) is 45.2 Å². The van der Waals surface area contributed by atoms with Crippen molar-refractivity contribution in [2.45, 2.75) is 50.4 Å². The van der Waals surface area contributed by atoms with Crippen LogP contribution < -0.4 is 10.2 Å². The molecular formula is C26H27FN2O4. The number of nitrogens with zero attached hydrogens (tertiary/aromatic N) is 1. The number of anilines is 1. The van der Waals surface area contributed by atoms with Crippen LogP contribution in [0.3, 0.4) is 0 Å². The number of carbonyl (C=O) groups excluding carboxylic acids is 3. The van der Waals surface area contributed by atoms with E-state index in [1.165, 1.54) is 11.0 Å². The highest BCUT2D eigenvalue weighted by Crippen LogP contribution is 2.52. The molecule has 2 aromatic rings. The van der Waals surface area contributed by atoms with Gasteiger partial charge in [-0.1, -0.05) is 48.5 Å². The maximum atomic E-state index is 17.2. The van der Waals surface area contributed by atoms with Crippen LogP contribution in [0.25, 0.3) is 0 Å². The molecule has 1 heterocycles. The lowest BCUT2D eigenvalue weighted by Crippen LogP contribution is -2.68. The summed E-state index contributed by atoms with van der Waals surface area (Å²) in [5.41, 5.74) is -4.32. The van der Waals surface area contributed by atoms with Crippen LogP contribution >= 0.6 is 0 Å². The highest BCUT2D eigenvalue weighted by molar-refractivity contribution is 6.17. The predicted octanol–water partition coefficient (Wildman–Crippen LogP) is 4.48. The molecule has 33 heavy (non-hydrogen) atoms. The van der Waals surface area contributed by atoms with Crippen LogP contribution in [-0.4, -0.2) is 35.6 Å². The number of nitrogens with one attached hydrogen (secondary N) is 1. The van der Waals surface area contributed by atoms with E-state index in [-0.39, 0.29) is 30.5 Å². The summed E-state index contributed by atoms with van der Waals surface area (Å²) in [5.74, 6) is -1.56. The van der Waals surface area contributed by atoms with Crippen molar-refractivity contribution in [3.63, 3.8) is 0 Å². The molecular weight excluding hydrogens is 423 g/mol. The first kappa shape index (κ1) is 22.7. The van der Waals surface area contributed by atoms with Gasteiger partial charge >= 0.3 is 6.09 Å². The Kier molecular flexibility index (Phi) is 5.39. The molecule has 1 aliphatic heterocycles. The zero-order valence-electron chi connectivity index (χ0n) is 19.0. The monoisotopic (exact) mass is 450 g/mol. The van der Waals surface area contributed by atoms with Crippen LogP contribution in [0.1, 0.15) is 48.7 Å². The molecule has 0 unspecified atom stereocenters. The van der Waals surface area contributed by atoms with Crippen molar-refractivity contribution in [1.82, 2.24) is 5.32 Å². The molecule has 1 aliphatic carbocycles. The third-order valence-corrected chi connectivity index (χ3v) is 6.12. The lowest BCUT2D eigenvalue weighted by Gasteiger charge is -2.43. The maximum Gasteiger partial charge on any atom is 0.408 e. The van der Waals surface area contributed by atoms with Crippen LogP contribution in [0.4, 0.5) is 14.9 Å². The van der Waals surface area contributed by atoms with Crippen molar-refractivity contribution in [2.75, 3.05) is 11.4 Å². The molecule has 2 aromatic carbocycles. The van der Waals surface area contributed by atoms with E-state index in [9.17, 15) is 14.4 Å². The minimum absolute atomic E-state index is 0.0917. The third-order valence-electron chi connectivity index (χ3n) is 6.12. The zero-order valence-corrected chi connectivity index (χ0v) is 19.0. The van der Waals surface area contributed by atoms with Gasteiger partial charge in [0.15, 0.2) is 5.54 Å². The number of rotatable bonds is 4. The Morgan fingerprint density at radius 2 is 1.85 bits per heavy atom. The topological polar surface area (TPSA) is 75.7 Å². The molecule has 2 amide bonds. The molecule has 2 aliphatic rings. The number of Topliss-reactive ketones (excluding diaryl/α,β-unsaturated/α-hetero) is 1. The zero-order chi connectivity index (χ0) is 24.0. The molecule has 6 nitrogen and oxygen atoms in total. The van der Waals surface area contributed by atoms with Crippen molar-refractivity contribution in [3.05, 3.63) is 77.9 Å². The Morgan fingerprint density at radius 1 is 1.18 bits per heavy atom. The molecule has 4 rings (SSSR count). The smallest absolute Gasteiger partial charge is 0.408 e. The Morgan fingerprint density at radius 3 is 2.55 bits per heavy atom. The molecule has 0 bridgehead atoms. The second kappa shape index (κ2) is 7.83. The standard InChI is InChI=1S/C26H27FN2O4/c1-5-16-29-20-13-9-8-12-19(20)26(22(29)31,28-23(32)33-24(2,3)4)25(27)15-14-17-10-6-7-11-18(17)21(25)30/h5-13H,1,14-16H2,2-4H3,(H,28,32)/t25-,26+/m1/s1. The molecule has 172 valence electrons. The lowest BCUT2D eigenvalue weighted by atomic mass is 9.66. The number of alkyl carbamates (subject to hydrolysis) is 1. The number of aryl methyl sites for hydroxylation is 1. The molecule has 0 fully saturated rings. The predicted molar refractivity (Wildman–Crippen MR) is 123 cm³/mol. The fourth-order valence-electron chi connectivity index (χ4n) is 4.77. The van der Waals surface area contributed by atoms with E-state index in [1.54, 1.807) is 69.3 Å². The first-order chi connectivity index (χ1) is 15.5. The van der Waals surface area contributed by atoms with E-state index in [4.69, 9.17) is 4.74 Å². The maximum absolute atomic E-state index is 17.2. The summed E-state index contributed by atoms with van der Waals surface area (Å²) >= 11 is 0. The molecule has 0 aromatic heterocycles. The van der Waals surface area contributed by atoms with Crippen LogP contribution in [-0.2, 0) is 21.5 Å². The average molecular weight is 451 g/mol. The summed E-state index contributed by atoms with van der Waals surface area (Å²) in [5, 5.41) is 2.53. The van der Waals surface area contributed by atoms with E-state index < -0.39 is 34.6 Å². The van der Waals surface area contributed by atoms with Crippen molar-refractivity contribution in [3.8, 4) is 0 Å². The minimum atomic E-state index is -2.72.